The summed E-state index contributed by atoms with van der Waals surface area (Å²) in [5, 5.41) is 0. The molecule has 19 heavy (non-hydrogen) atoms. The van der Waals surface area contributed by atoms with E-state index >= 15 is 0 Å². The summed E-state index contributed by atoms with van der Waals surface area (Å²) in [5.41, 5.74) is 4.72. The zero-order valence-electron chi connectivity index (χ0n) is 9.37. The van der Waals surface area contributed by atoms with E-state index in [1.54, 1.807) is 0 Å². The molecule has 0 atom stereocenters. The Bertz CT molecular complexity index is 539. The molecule has 110 valence electrons. The Morgan fingerprint density at radius 3 is 2.32 bits per heavy atom. The predicted octanol–water partition coefficient (Wildman–Crippen LogP) is 1.26. The molecule has 0 heterocycles. The van der Waals surface area contributed by atoms with Gasteiger partial charge in [0, 0.05) is 6.07 Å². The number of nitrogens with two attached hydrogens (primary N) is 1. The minimum atomic E-state index is -4.48. The molecule has 0 fully saturated rings. The third kappa shape index (κ3) is 4.94. The van der Waals surface area contributed by atoms with Gasteiger partial charge >= 0.3 is 0 Å². The molecule has 0 bridgehead atoms. The Hall–Kier alpha value is -0.900. The van der Waals surface area contributed by atoms with Gasteiger partial charge in [0.1, 0.15) is 16.5 Å². The lowest BCUT2D eigenvalue weighted by atomic mass is 10.3. The van der Waals surface area contributed by atoms with Crippen LogP contribution < -0.4 is 10.5 Å². The van der Waals surface area contributed by atoms with Crippen molar-refractivity contribution in [3.63, 3.8) is 0 Å². The monoisotopic (exact) mass is 322 g/mol. The highest BCUT2D eigenvalue weighted by atomic mass is 35.5. The van der Waals surface area contributed by atoms with Gasteiger partial charge in [0.25, 0.3) is 5.92 Å². The fourth-order valence-corrected chi connectivity index (χ4v) is 2.16. The standard InChI is InChI=1S/C9H10F4N2O2S.ClH/c10-6-1-2-8(7(11)3-6)18(16,17)15-5-9(12,13)4-14;/h1-3,15H,4-5,14H2;1H. The smallest absolute Gasteiger partial charge is 0.273 e. The van der Waals surface area contributed by atoms with E-state index in [0.717, 1.165) is 0 Å². The lowest BCUT2D eigenvalue weighted by molar-refractivity contribution is 0.0170. The van der Waals surface area contributed by atoms with Crippen molar-refractivity contribution >= 4 is 22.4 Å². The topological polar surface area (TPSA) is 72.2 Å². The van der Waals surface area contributed by atoms with Crippen molar-refractivity contribution in [2.45, 2.75) is 10.8 Å². The summed E-state index contributed by atoms with van der Waals surface area (Å²) in [7, 11) is -4.48. The fraction of sp³-hybridized carbons (Fsp3) is 0.333. The second kappa shape index (κ2) is 6.51. The minimum absolute atomic E-state index is 0. The molecule has 1 aromatic carbocycles. The molecular formula is C9H11ClF4N2O2S. The van der Waals surface area contributed by atoms with Crippen molar-refractivity contribution in [2.75, 3.05) is 13.1 Å². The number of sulfonamides is 1. The van der Waals surface area contributed by atoms with Crippen molar-refractivity contribution < 1.29 is 26.0 Å². The maximum Gasteiger partial charge on any atom is 0.273 e. The number of hydrogen-bond acceptors (Lipinski definition) is 3. The van der Waals surface area contributed by atoms with Gasteiger partial charge in [0.2, 0.25) is 10.0 Å². The van der Waals surface area contributed by atoms with Gasteiger partial charge in [-0.3, -0.25) is 0 Å². The Kier molecular flexibility index (Phi) is 6.20. The molecular weight excluding hydrogens is 312 g/mol. The summed E-state index contributed by atoms with van der Waals surface area (Å²) in [5.74, 6) is -5.78. The Morgan fingerprint density at radius 2 is 1.84 bits per heavy atom. The van der Waals surface area contributed by atoms with Crippen LogP contribution in [-0.4, -0.2) is 27.4 Å². The van der Waals surface area contributed by atoms with Gasteiger partial charge in [-0.15, -0.1) is 12.4 Å². The summed E-state index contributed by atoms with van der Waals surface area (Å²) in [6, 6.07) is 1.70. The quantitative estimate of drug-likeness (QED) is 0.802. The second-order valence-electron chi connectivity index (χ2n) is 3.46. The van der Waals surface area contributed by atoms with E-state index in [9.17, 15) is 26.0 Å². The molecule has 0 radical (unpaired) electrons. The van der Waals surface area contributed by atoms with Gasteiger partial charge in [-0.05, 0) is 12.1 Å². The van der Waals surface area contributed by atoms with Gasteiger partial charge in [-0.2, -0.15) is 0 Å². The first-order valence-electron chi connectivity index (χ1n) is 4.70. The van der Waals surface area contributed by atoms with E-state index < -0.39 is 45.6 Å². The maximum atomic E-state index is 13.2. The van der Waals surface area contributed by atoms with Crippen LogP contribution in [0.15, 0.2) is 23.1 Å². The Balaban J connectivity index is 0.00000324. The third-order valence-electron chi connectivity index (χ3n) is 2.00. The average molecular weight is 323 g/mol. The van der Waals surface area contributed by atoms with Crippen LogP contribution in [0.25, 0.3) is 0 Å². The summed E-state index contributed by atoms with van der Waals surface area (Å²) >= 11 is 0. The molecule has 0 aromatic heterocycles. The van der Waals surface area contributed by atoms with E-state index in [0.29, 0.717) is 18.2 Å². The van der Waals surface area contributed by atoms with Crippen LogP contribution in [0.2, 0.25) is 0 Å². The molecule has 0 saturated heterocycles. The first-order valence-corrected chi connectivity index (χ1v) is 6.19. The molecule has 0 spiro atoms. The normalized spacial score (nSPS) is 12.1. The Morgan fingerprint density at radius 1 is 1.26 bits per heavy atom. The van der Waals surface area contributed by atoms with Crippen LogP contribution >= 0.6 is 12.4 Å². The van der Waals surface area contributed by atoms with E-state index in [-0.39, 0.29) is 12.4 Å². The predicted molar refractivity (Wildman–Crippen MR) is 62.8 cm³/mol. The number of hydrogen-bond donors (Lipinski definition) is 2. The number of benzene rings is 1. The molecule has 4 nitrogen and oxygen atoms in total. The first-order chi connectivity index (χ1) is 8.18. The molecule has 0 amide bonds. The summed E-state index contributed by atoms with van der Waals surface area (Å²) < 4.78 is 75.7. The molecule has 3 N–H and O–H groups in total. The molecule has 10 heteroatoms. The van der Waals surface area contributed by atoms with Gasteiger partial charge in [0.05, 0.1) is 13.1 Å². The van der Waals surface area contributed by atoms with Gasteiger partial charge in [-0.25, -0.2) is 30.7 Å². The highest BCUT2D eigenvalue weighted by Crippen LogP contribution is 2.17. The lowest BCUT2D eigenvalue weighted by Gasteiger charge is -2.14. The molecule has 0 unspecified atom stereocenters. The van der Waals surface area contributed by atoms with E-state index in [1.165, 1.54) is 4.72 Å². The van der Waals surface area contributed by atoms with Crippen LogP contribution in [0.5, 0.6) is 0 Å². The van der Waals surface area contributed by atoms with Crippen LogP contribution in [0.4, 0.5) is 17.6 Å². The molecule has 1 aromatic rings. The summed E-state index contributed by atoms with van der Waals surface area (Å²) in [4.78, 5) is -0.906. The number of alkyl halides is 2. The molecule has 0 aliphatic rings. The highest BCUT2D eigenvalue weighted by Gasteiger charge is 2.30. The minimum Gasteiger partial charge on any atom is -0.325 e. The van der Waals surface area contributed by atoms with Crippen LogP contribution in [0.1, 0.15) is 0 Å². The summed E-state index contributed by atoms with van der Waals surface area (Å²) in [6.07, 6.45) is 0. The zero-order chi connectivity index (χ0) is 14.0. The third-order valence-corrected chi connectivity index (χ3v) is 3.44. The highest BCUT2D eigenvalue weighted by molar-refractivity contribution is 7.89. The molecule has 0 aliphatic heterocycles. The van der Waals surface area contributed by atoms with Gasteiger partial charge in [0.15, 0.2) is 0 Å². The van der Waals surface area contributed by atoms with E-state index in [1.807, 2.05) is 0 Å². The van der Waals surface area contributed by atoms with Crippen molar-refractivity contribution in [1.82, 2.24) is 4.72 Å². The van der Waals surface area contributed by atoms with Gasteiger partial charge < -0.3 is 5.73 Å². The summed E-state index contributed by atoms with van der Waals surface area (Å²) in [6.45, 7) is -2.32. The fourth-order valence-electron chi connectivity index (χ4n) is 1.04. The average Bonchev–Trinajstić information content (AvgIpc) is 2.26. The number of rotatable bonds is 5. The van der Waals surface area contributed by atoms with Crippen LogP contribution in [0, 0.1) is 11.6 Å². The van der Waals surface area contributed by atoms with Crippen molar-refractivity contribution in [3.05, 3.63) is 29.8 Å². The van der Waals surface area contributed by atoms with Crippen molar-refractivity contribution in [1.29, 1.82) is 0 Å². The van der Waals surface area contributed by atoms with Crippen molar-refractivity contribution in [3.8, 4) is 0 Å². The van der Waals surface area contributed by atoms with Gasteiger partial charge in [-0.1, -0.05) is 0 Å². The Labute approximate surface area is 113 Å². The lowest BCUT2D eigenvalue weighted by Crippen LogP contribution is -2.41. The second-order valence-corrected chi connectivity index (χ2v) is 5.19. The number of nitrogens with one attached hydrogen (secondary N) is 1. The van der Waals surface area contributed by atoms with E-state index in [2.05, 4.69) is 0 Å². The first kappa shape index (κ1) is 18.1. The van der Waals surface area contributed by atoms with Crippen molar-refractivity contribution in [2.24, 2.45) is 5.73 Å². The molecule has 0 saturated carbocycles. The van der Waals surface area contributed by atoms with Crippen LogP contribution in [-0.2, 0) is 10.0 Å². The molecule has 1 rings (SSSR count). The van der Waals surface area contributed by atoms with E-state index in [4.69, 9.17) is 5.73 Å². The van der Waals surface area contributed by atoms with Crippen LogP contribution in [0.3, 0.4) is 0 Å². The molecule has 0 aliphatic carbocycles. The zero-order valence-corrected chi connectivity index (χ0v) is 11.0. The maximum absolute atomic E-state index is 13.2. The largest absolute Gasteiger partial charge is 0.325 e. The SMILES string of the molecule is Cl.NCC(F)(F)CNS(=O)(=O)c1ccc(F)cc1F. The number of halogens is 5.